The van der Waals surface area contributed by atoms with Crippen molar-refractivity contribution in [2.75, 3.05) is 10.6 Å². The van der Waals surface area contributed by atoms with E-state index in [2.05, 4.69) is 5.32 Å². The van der Waals surface area contributed by atoms with Crippen LogP contribution >= 0.6 is 23.2 Å². The second kappa shape index (κ2) is 5.71. The highest BCUT2D eigenvalue weighted by Gasteiger charge is 2.62. The Morgan fingerprint density at radius 3 is 2.00 bits per heavy atom. The number of carbonyl (C=O) groups excluding carboxylic acids is 1. The molecule has 1 unspecified atom stereocenters. The summed E-state index contributed by atoms with van der Waals surface area (Å²) in [4.78, 5) is 11.3. The van der Waals surface area contributed by atoms with Gasteiger partial charge in [0, 0.05) is 6.20 Å². The van der Waals surface area contributed by atoms with Crippen molar-refractivity contribution in [3.63, 3.8) is 0 Å². The van der Waals surface area contributed by atoms with E-state index in [1.54, 1.807) is 0 Å². The van der Waals surface area contributed by atoms with E-state index in [-0.39, 0.29) is 21.9 Å². The van der Waals surface area contributed by atoms with Gasteiger partial charge in [0.2, 0.25) is 0 Å². The van der Waals surface area contributed by atoms with Crippen molar-refractivity contribution >= 4 is 40.4 Å². The Morgan fingerprint density at radius 2 is 1.54 bits per heavy atom. The molecule has 0 aromatic heterocycles. The molecule has 1 heterocycles. The normalized spacial score (nSPS) is 21.1. The third kappa shape index (κ3) is 3.13. The number of carbonyl (C=O) groups is 1. The average Bonchev–Trinajstić information content (AvgIpc) is 2.54. The fourth-order valence-corrected chi connectivity index (χ4v) is 2.22. The second-order valence-electron chi connectivity index (χ2n) is 4.67. The first-order valence-corrected chi connectivity index (χ1v) is 6.68. The summed E-state index contributed by atoms with van der Waals surface area (Å²) in [6, 6.07) is 1.87. The van der Waals surface area contributed by atoms with Gasteiger partial charge in [0.15, 0.2) is 0 Å². The van der Waals surface area contributed by atoms with Gasteiger partial charge in [-0.15, -0.1) is 0 Å². The molecule has 3 N–H and O–H groups in total. The summed E-state index contributed by atoms with van der Waals surface area (Å²) in [5.41, 5.74) is -7.01. The molecule has 0 radical (unpaired) electrons. The van der Waals surface area contributed by atoms with Crippen LogP contribution in [0.3, 0.4) is 0 Å². The molecule has 12 heteroatoms. The van der Waals surface area contributed by atoms with Gasteiger partial charge in [0.05, 0.1) is 27.0 Å². The number of benzene rings is 1. The number of rotatable bonds is 1. The maximum absolute atomic E-state index is 13.2. The highest BCUT2D eigenvalue weighted by molar-refractivity contribution is 6.42. The minimum absolute atomic E-state index is 0.112. The zero-order valence-electron chi connectivity index (χ0n) is 11.1. The third-order valence-corrected chi connectivity index (χ3v) is 3.77. The Labute approximate surface area is 140 Å². The van der Waals surface area contributed by atoms with E-state index >= 15 is 0 Å². The van der Waals surface area contributed by atoms with Crippen molar-refractivity contribution in [2.45, 2.75) is 18.1 Å². The Morgan fingerprint density at radius 1 is 1.04 bits per heavy atom. The molecule has 24 heavy (non-hydrogen) atoms. The summed E-state index contributed by atoms with van der Waals surface area (Å²) in [5.74, 6) is -2.87. The lowest BCUT2D eigenvalue weighted by Gasteiger charge is -2.32. The summed E-state index contributed by atoms with van der Waals surface area (Å²) in [5, 5.41) is 13.1. The lowest BCUT2D eigenvalue weighted by atomic mass is 9.98. The summed E-state index contributed by atoms with van der Waals surface area (Å²) >= 11 is 11.3. The maximum atomic E-state index is 13.2. The number of halogens is 8. The van der Waals surface area contributed by atoms with E-state index in [1.165, 1.54) is 5.32 Å². The number of Topliss-reactive ketones (excluding diaryl/α,β-unsaturated/α-hetero) is 1. The molecule has 1 aliphatic rings. The Hall–Kier alpha value is -1.65. The number of ketones is 1. The van der Waals surface area contributed by atoms with Crippen LogP contribution in [-0.4, -0.2) is 29.0 Å². The van der Waals surface area contributed by atoms with Gasteiger partial charge in [0.25, 0.3) is 11.5 Å². The van der Waals surface area contributed by atoms with Gasteiger partial charge in [-0.1, -0.05) is 23.2 Å². The number of hydrogen-bond acceptors (Lipinski definition) is 4. The van der Waals surface area contributed by atoms with E-state index < -0.39 is 35.1 Å². The molecule has 0 fully saturated rings. The van der Waals surface area contributed by atoms with Crippen molar-refractivity contribution in [1.29, 1.82) is 0 Å². The van der Waals surface area contributed by atoms with Crippen molar-refractivity contribution < 1.29 is 36.2 Å². The Balaban J connectivity index is 2.66. The number of alkyl halides is 6. The van der Waals surface area contributed by atoms with Gasteiger partial charge in [-0.05, 0) is 12.1 Å². The first-order chi connectivity index (χ1) is 10.8. The standard InChI is InChI=1S/C12H6Cl2F6N2O2/c13-5-1-7-8(2-6(5)14)22-10(24,12(18,19)20)4(3-21-7)9(23)11(15,16)17/h1-3,21-22,24H. The second-order valence-corrected chi connectivity index (χ2v) is 5.49. The SMILES string of the molecule is O=C(C1=CNc2cc(Cl)c(Cl)cc2NC1(O)C(F)(F)F)C(F)(F)F. The van der Waals surface area contributed by atoms with E-state index in [9.17, 15) is 36.2 Å². The molecule has 1 aliphatic heterocycles. The van der Waals surface area contributed by atoms with E-state index in [4.69, 9.17) is 23.2 Å². The third-order valence-electron chi connectivity index (χ3n) is 3.05. The molecule has 0 aliphatic carbocycles. The minimum Gasteiger partial charge on any atom is -0.360 e. The molecule has 1 aromatic carbocycles. The van der Waals surface area contributed by atoms with Crippen molar-refractivity contribution in [2.24, 2.45) is 0 Å². The predicted molar refractivity (Wildman–Crippen MR) is 73.9 cm³/mol. The molecule has 0 saturated heterocycles. The number of nitrogens with one attached hydrogen (secondary N) is 2. The summed E-state index contributed by atoms with van der Waals surface area (Å²) in [6.45, 7) is 0. The van der Waals surface area contributed by atoms with Gasteiger partial charge in [-0.2, -0.15) is 26.3 Å². The number of hydrogen-bond donors (Lipinski definition) is 3. The molecule has 2 rings (SSSR count). The van der Waals surface area contributed by atoms with Crippen LogP contribution in [0.15, 0.2) is 23.9 Å². The van der Waals surface area contributed by atoms with Crippen LogP contribution < -0.4 is 10.6 Å². The first kappa shape index (κ1) is 18.7. The lowest BCUT2D eigenvalue weighted by molar-refractivity contribution is -0.235. The maximum Gasteiger partial charge on any atom is 0.454 e. The number of fused-ring (bicyclic) bond motifs is 1. The molecule has 1 atom stereocenters. The van der Waals surface area contributed by atoms with Gasteiger partial charge in [-0.3, -0.25) is 4.79 Å². The molecule has 0 saturated carbocycles. The topological polar surface area (TPSA) is 61.4 Å². The minimum atomic E-state index is -5.66. The van der Waals surface area contributed by atoms with Crippen LogP contribution in [0.25, 0.3) is 0 Å². The van der Waals surface area contributed by atoms with Crippen LogP contribution in [0.4, 0.5) is 37.7 Å². The zero-order chi connectivity index (χ0) is 18.5. The molecule has 0 spiro atoms. The Kier molecular flexibility index (Phi) is 4.45. The van der Waals surface area contributed by atoms with Gasteiger partial charge in [0.1, 0.15) is 0 Å². The Bertz CT molecular complexity index is 731. The summed E-state index contributed by atoms with van der Waals surface area (Å²) in [6.07, 6.45) is -11.2. The van der Waals surface area contributed by atoms with E-state index in [0.29, 0.717) is 0 Å². The lowest BCUT2D eigenvalue weighted by Crippen LogP contribution is -2.56. The molecule has 1 aromatic rings. The fourth-order valence-electron chi connectivity index (χ4n) is 1.89. The van der Waals surface area contributed by atoms with Crippen molar-refractivity contribution in [1.82, 2.24) is 0 Å². The molecular formula is C12H6Cl2F6N2O2. The monoisotopic (exact) mass is 394 g/mol. The van der Waals surface area contributed by atoms with Crippen LogP contribution in [0, 0.1) is 0 Å². The average molecular weight is 395 g/mol. The molecule has 0 bridgehead atoms. The van der Waals surface area contributed by atoms with E-state index in [0.717, 1.165) is 12.1 Å². The van der Waals surface area contributed by atoms with Crippen LogP contribution in [0.5, 0.6) is 0 Å². The number of aliphatic hydroxyl groups is 1. The highest BCUT2D eigenvalue weighted by atomic mass is 35.5. The molecular weight excluding hydrogens is 389 g/mol. The van der Waals surface area contributed by atoms with Crippen LogP contribution in [0.1, 0.15) is 0 Å². The molecule has 132 valence electrons. The smallest absolute Gasteiger partial charge is 0.360 e. The van der Waals surface area contributed by atoms with Crippen LogP contribution in [-0.2, 0) is 4.79 Å². The molecule has 4 nitrogen and oxygen atoms in total. The zero-order valence-corrected chi connectivity index (χ0v) is 12.6. The summed E-state index contributed by atoms with van der Waals surface area (Å²) < 4.78 is 77.4. The van der Waals surface area contributed by atoms with E-state index in [1.807, 2.05) is 0 Å². The largest absolute Gasteiger partial charge is 0.454 e. The van der Waals surface area contributed by atoms with Gasteiger partial charge >= 0.3 is 12.4 Å². The fraction of sp³-hybridized carbons (Fsp3) is 0.250. The van der Waals surface area contributed by atoms with Crippen molar-refractivity contribution in [3.8, 4) is 0 Å². The number of anilines is 2. The molecule has 0 amide bonds. The van der Waals surface area contributed by atoms with Gasteiger partial charge < -0.3 is 15.7 Å². The summed E-state index contributed by atoms with van der Waals surface area (Å²) in [7, 11) is 0. The first-order valence-electron chi connectivity index (χ1n) is 5.92. The van der Waals surface area contributed by atoms with Crippen LogP contribution in [0.2, 0.25) is 10.0 Å². The quantitative estimate of drug-likeness (QED) is 0.627. The predicted octanol–water partition coefficient (Wildman–Crippen LogP) is 4.10. The van der Waals surface area contributed by atoms with Gasteiger partial charge in [-0.25, -0.2) is 0 Å². The highest BCUT2D eigenvalue weighted by Crippen LogP contribution is 2.44. The van der Waals surface area contributed by atoms with Crippen molar-refractivity contribution in [3.05, 3.63) is 34.0 Å².